The molecule has 1 amide bonds. The molecule has 0 bridgehead atoms. The summed E-state index contributed by atoms with van der Waals surface area (Å²) < 4.78 is 5.46. The first-order valence-electron chi connectivity index (χ1n) is 5.72. The van der Waals surface area contributed by atoms with Crippen LogP contribution in [-0.4, -0.2) is 31.7 Å². The number of hydrogen-bond donors (Lipinski definition) is 2. The number of carbonyl (C=O) groups excluding carboxylic acids is 1. The molecule has 1 aliphatic rings. The van der Waals surface area contributed by atoms with Gasteiger partial charge in [-0.25, -0.2) is 0 Å². The first-order chi connectivity index (χ1) is 8.65. The van der Waals surface area contributed by atoms with Crippen LogP contribution in [0.1, 0.15) is 6.42 Å². The molecule has 0 saturated carbocycles. The fourth-order valence-electron chi connectivity index (χ4n) is 1.75. The van der Waals surface area contributed by atoms with Gasteiger partial charge in [-0.2, -0.15) is 0 Å². The summed E-state index contributed by atoms with van der Waals surface area (Å²) in [6, 6.07) is 4.95. The van der Waals surface area contributed by atoms with E-state index in [0.717, 1.165) is 6.54 Å². The van der Waals surface area contributed by atoms with Crippen LogP contribution in [0.15, 0.2) is 18.2 Å². The smallest absolute Gasteiger partial charge is 0.227 e. The zero-order valence-electron chi connectivity index (χ0n) is 9.71. The van der Waals surface area contributed by atoms with E-state index in [1.807, 2.05) is 0 Å². The topological polar surface area (TPSA) is 50.4 Å². The molecule has 1 fully saturated rings. The second-order valence-electron chi connectivity index (χ2n) is 4.07. The fourth-order valence-corrected chi connectivity index (χ4v) is 2.09. The van der Waals surface area contributed by atoms with Crippen LogP contribution in [0.3, 0.4) is 0 Å². The van der Waals surface area contributed by atoms with Crippen molar-refractivity contribution in [1.82, 2.24) is 5.32 Å². The standard InChI is InChI=1S/C12H14Cl2N2O2/c13-8-1-2-10(14)11(5-8)16-12(17)6-9-7-15-3-4-18-9/h1-2,5,9,15H,3-4,6-7H2,(H,16,17). The molecule has 6 heteroatoms. The summed E-state index contributed by atoms with van der Waals surface area (Å²) in [4.78, 5) is 11.8. The van der Waals surface area contributed by atoms with Crippen molar-refractivity contribution < 1.29 is 9.53 Å². The quantitative estimate of drug-likeness (QED) is 0.897. The van der Waals surface area contributed by atoms with Gasteiger partial charge in [-0.15, -0.1) is 0 Å². The number of anilines is 1. The van der Waals surface area contributed by atoms with Gasteiger partial charge in [0, 0.05) is 18.1 Å². The highest BCUT2D eigenvalue weighted by molar-refractivity contribution is 6.35. The molecule has 1 unspecified atom stereocenters. The Morgan fingerprint density at radius 3 is 3.06 bits per heavy atom. The fraction of sp³-hybridized carbons (Fsp3) is 0.417. The Labute approximate surface area is 116 Å². The highest BCUT2D eigenvalue weighted by atomic mass is 35.5. The molecule has 0 spiro atoms. The number of halogens is 2. The maximum atomic E-state index is 11.8. The largest absolute Gasteiger partial charge is 0.375 e. The van der Waals surface area contributed by atoms with Gasteiger partial charge in [-0.05, 0) is 18.2 Å². The van der Waals surface area contributed by atoms with Gasteiger partial charge in [-0.3, -0.25) is 4.79 Å². The van der Waals surface area contributed by atoms with Crippen LogP contribution in [0.5, 0.6) is 0 Å². The molecule has 2 N–H and O–H groups in total. The number of nitrogens with one attached hydrogen (secondary N) is 2. The van der Waals surface area contributed by atoms with Gasteiger partial charge < -0.3 is 15.4 Å². The Morgan fingerprint density at radius 1 is 1.50 bits per heavy atom. The first-order valence-corrected chi connectivity index (χ1v) is 6.48. The molecule has 1 aliphatic heterocycles. The predicted molar refractivity (Wildman–Crippen MR) is 72.3 cm³/mol. The van der Waals surface area contributed by atoms with E-state index in [0.29, 0.717) is 35.3 Å². The summed E-state index contributed by atoms with van der Waals surface area (Å²) in [7, 11) is 0. The number of morpholine rings is 1. The normalized spacial score (nSPS) is 19.6. The third-order valence-electron chi connectivity index (χ3n) is 2.62. The second kappa shape index (κ2) is 6.38. The van der Waals surface area contributed by atoms with Crippen LogP contribution in [0.2, 0.25) is 10.0 Å². The maximum absolute atomic E-state index is 11.8. The molecule has 1 heterocycles. The van der Waals surface area contributed by atoms with E-state index in [1.165, 1.54) is 0 Å². The molecule has 0 radical (unpaired) electrons. The van der Waals surface area contributed by atoms with E-state index in [2.05, 4.69) is 10.6 Å². The lowest BCUT2D eigenvalue weighted by Gasteiger charge is -2.23. The number of amides is 1. The van der Waals surface area contributed by atoms with Crippen molar-refractivity contribution in [3.05, 3.63) is 28.2 Å². The van der Waals surface area contributed by atoms with Crippen molar-refractivity contribution >= 4 is 34.8 Å². The average Bonchev–Trinajstić information content (AvgIpc) is 2.35. The van der Waals surface area contributed by atoms with Crippen LogP contribution in [0.4, 0.5) is 5.69 Å². The van der Waals surface area contributed by atoms with Gasteiger partial charge in [0.25, 0.3) is 0 Å². The SMILES string of the molecule is O=C(CC1CNCCO1)Nc1cc(Cl)ccc1Cl. The lowest BCUT2D eigenvalue weighted by molar-refractivity contribution is -0.119. The molecule has 1 aromatic carbocycles. The lowest BCUT2D eigenvalue weighted by Crippen LogP contribution is -2.40. The van der Waals surface area contributed by atoms with E-state index < -0.39 is 0 Å². The Kier molecular flexibility index (Phi) is 4.83. The number of hydrogen-bond acceptors (Lipinski definition) is 3. The van der Waals surface area contributed by atoms with Crippen molar-refractivity contribution in [2.45, 2.75) is 12.5 Å². The van der Waals surface area contributed by atoms with Crippen molar-refractivity contribution in [2.24, 2.45) is 0 Å². The number of carbonyl (C=O) groups is 1. The summed E-state index contributed by atoms with van der Waals surface area (Å²) in [6.45, 7) is 2.16. The van der Waals surface area contributed by atoms with Gasteiger partial charge >= 0.3 is 0 Å². The molecule has 0 aliphatic carbocycles. The Bertz CT molecular complexity index is 434. The van der Waals surface area contributed by atoms with Crippen molar-refractivity contribution in [1.29, 1.82) is 0 Å². The predicted octanol–water partition coefficient (Wildman–Crippen LogP) is 2.31. The average molecular weight is 289 g/mol. The molecule has 1 atom stereocenters. The minimum Gasteiger partial charge on any atom is -0.375 e. The third-order valence-corrected chi connectivity index (χ3v) is 3.18. The third kappa shape index (κ3) is 3.85. The molecule has 4 nitrogen and oxygen atoms in total. The van der Waals surface area contributed by atoms with Crippen LogP contribution in [-0.2, 0) is 9.53 Å². The van der Waals surface area contributed by atoms with Gasteiger partial charge in [0.15, 0.2) is 0 Å². The zero-order valence-corrected chi connectivity index (χ0v) is 11.2. The maximum Gasteiger partial charge on any atom is 0.227 e. The molecular formula is C12H14Cl2N2O2. The lowest BCUT2D eigenvalue weighted by atomic mass is 10.2. The second-order valence-corrected chi connectivity index (χ2v) is 4.92. The van der Waals surface area contributed by atoms with Crippen LogP contribution >= 0.6 is 23.2 Å². The molecule has 1 saturated heterocycles. The summed E-state index contributed by atoms with van der Waals surface area (Å²) in [5, 5.41) is 6.91. The van der Waals surface area contributed by atoms with Gasteiger partial charge in [-0.1, -0.05) is 23.2 Å². The Hall–Kier alpha value is -0.810. The van der Waals surface area contributed by atoms with E-state index >= 15 is 0 Å². The van der Waals surface area contributed by atoms with Crippen molar-refractivity contribution in [3.63, 3.8) is 0 Å². The Morgan fingerprint density at radius 2 is 2.33 bits per heavy atom. The molecule has 2 rings (SSSR count). The highest BCUT2D eigenvalue weighted by Crippen LogP contribution is 2.25. The van der Waals surface area contributed by atoms with E-state index in [1.54, 1.807) is 18.2 Å². The van der Waals surface area contributed by atoms with Crippen LogP contribution in [0, 0.1) is 0 Å². The van der Waals surface area contributed by atoms with Crippen LogP contribution < -0.4 is 10.6 Å². The van der Waals surface area contributed by atoms with Gasteiger partial charge in [0.05, 0.1) is 29.8 Å². The minimum atomic E-state index is -0.132. The molecule has 18 heavy (non-hydrogen) atoms. The monoisotopic (exact) mass is 288 g/mol. The molecule has 1 aromatic rings. The van der Waals surface area contributed by atoms with Crippen LogP contribution in [0.25, 0.3) is 0 Å². The van der Waals surface area contributed by atoms with E-state index in [-0.39, 0.29) is 12.0 Å². The summed E-state index contributed by atoms with van der Waals surface area (Å²) >= 11 is 11.8. The zero-order chi connectivity index (χ0) is 13.0. The Balaban J connectivity index is 1.92. The van der Waals surface area contributed by atoms with Crippen molar-refractivity contribution in [2.75, 3.05) is 25.0 Å². The number of rotatable bonds is 3. The van der Waals surface area contributed by atoms with Gasteiger partial charge in [0.1, 0.15) is 0 Å². The first kappa shape index (κ1) is 13.6. The molecular weight excluding hydrogens is 275 g/mol. The van der Waals surface area contributed by atoms with E-state index in [4.69, 9.17) is 27.9 Å². The van der Waals surface area contributed by atoms with Crippen molar-refractivity contribution in [3.8, 4) is 0 Å². The summed E-state index contributed by atoms with van der Waals surface area (Å²) in [5.74, 6) is -0.132. The highest BCUT2D eigenvalue weighted by Gasteiger charge is 2.17. The summed E-state index contributed by atoms with van der Waals surface area (Å²) in [5.41, 5.74) is 0.526. The van der Waals surface area contributed by atoms with Gasteiger partial charge in [0.2, 0.25) is 5.91 Å². The summed E-state index contributed by atoms with van der Waals surface area (Å²) in [6.07, 6.45) is 0.215. The minimum absolute atomic E-state index is 0.0864. The molecule has 0 aromatic heterocycles. The number of benzene rings is 1. The number of ether oxygens (including phenoxy) is 1. The molecule has 98 valence electrons. The van der Waals surface area contributed by atoms with E-state index in [9.17, 15) is 4.79 Å².